The molecule has 0 bridgehead atoms. The third-order valence-electron chi connectivity index (χ3n) is 4.11. The molecule has 0 fully saturated rings. The summed E-state index contributed by atoms with van der Waals surface area (Å²) in [6.07, 6.45) is 4.88. The van der Waals surface area contributed by atoms with E-state index in [1.54, 1.807) is 49.0 Å². The summed E-state index contributed by atoms with van der Waals surface area (Å²) in [6.45, 7) is 4.26. The topological polar surface area (TPSA) is 63.4 Å². The number of pyridine rings is 1. The normalized spacial score (nSPS) is 11.8. The van der Waals surface area contributed by atoms with Crippen molar-refractivity contribution in [3.63, 3.8) is 0 Å². The molecule has 0 radical (unpaired) electrons. The molecule has 0 atom stereocenters. The fraction of sp³-hybridized carbons (Fsp3) is 0.211. The van der Waals surface area contributed by atoms with Gasteiger partial charge in [-0.3, -0.25) is 4.98 Å². The number of benzene rings is 1. The summed E-state index contributed by atoms with van der Waals surface area (Å²) in [5, 5.41) is 0. The SMILES string of the molecule is Cc1ccc(S(=O)(=O)N(Cc2cccnc2)Cc2ccco2)cc1C. The number of hydrogen-bond acceptors (Lipinski definition) is 4. The molecule has 0 saturated carbocycles. The lowest BCUT2D eigenvalue weighted by atomic mass is 10.1. The van der Waals surface area contributed by atoms with E-state index in [9.17, 15) is 8.42 Å². The third kappa shape index (κ3) is 3.97. The second-order valence-electron chi connectivity index (χ2n) is 5.96. The van der Waals surface area contributed by atoms with Crippen LogP contribution < -0.4 is 0 Å². The van der Waals surface area contributed by atoms with Crippen LogP contribution in [0.25, 0.3) is 0 Å². The van der Waals surface area contributed by atoms with E-state index >= 15 is 0 Å². The van der Waals surface area contributed by atoms with Crippen LogP contribution in [0, 0.1) is 13.8 Å². The smallest absolute Gasteiger partial charge is 0.243 e. The maximum atomic E-state index is 13.2. The van der Waals surface area contributed by atoms with Gasteiger partial charge in [0.15, 0.2) is 0 Å². The number of aromatic nitrogens is 1. The number of aryl methyl sites for hydroxylation is 2. The highest BCUT2D eigenvalue weighted by Gasteiger charge is 2.26. The van der Waals surface area contributed by atoms with Crippen LogP contribution in [0.4, 0.5) is 0 Å². The molecule has 2 heterocycles. The largest absolute Gasteiger partial charge is 0.468 e. The van der Waals surface area contributed by atoms with E-state index in [1.807, 2.05) is 26.0 Å². The summed E-state index contributed by atoms with van der Waals surface area (Å²) in [5.74, 6) is 0.594. The van der Waals surface area contributed by atoms with Gasteiger partial charge in [0.1, 0.15) is 5.76 Å². The van der Waals surface area contributed by atoms with Gasteiger partial charge in [0, 0.05) is 18.9 Å². The maximum Gasteiger partial charge on any atom is 0.243 e. The average Bonchev–Trinajstić information content (AvgIpc) is 3.11. The lowest BCUT2D eigenvalue weighted by Gasteiger charge is -2.22. The van der Waals surface area contributed by atoms with Crippen molar-refractivity contribution in [2.45, 2.75) is 31.8 Å². The van der Waals surface area contributed by atoms with E-state index in [2.05, 4.69) is 4.98 Å². The molecule has 3 rings (SSSR count). The first-order valence-corrected chi connectivity index (χ1v) is 9.39. The first-order valence-electron chi connectivity index (χ1n) is 7.95. The second kappa shape index (κ2) is 7.21. The van der Waals surface area contributed by atoms with Gasteiger partial charge in [0.2, 0.25) is 10.0 Å². The molecule has 6 heteroatoms. The number of furan rings is 1. The van der Waals surface area contributed by atoms with Gasteiger partial charge in [0.25, 0.3) is 0 Å². The maximum absolute atomic E-state index is 13.2. The minimum atomic E-state index is -3.67. The van der Waals surface area contributed by atoms with Crippen molar-refractivity contribution < 1.29 is 12.8 Å². The number of sulfonamides is 1. The molecule has 0 amide bonds. The molecule has 0 N–H and O–H groups in total. The molecule has 5 nitrogen and oxygen atoms in total. The number of rotatable bonds is 6. The van der Waals surface area contributed by atoms with Crippen molar-refractivity contribution in [1.82, 2.24) is 9.29 Å². The molecule has 130 valence electrons. The van der Waals surface area contributed by atoms with Gasteiger partial charge < -0.3 is 4.42 Å². The molecular formula is C19H20N2O3S. The van der Waals surface area contributed by atoms with Crippen LogP contribution in [0.5, 0.6) is 0 Å². The third-order valence-corrected chi connectivity index (χ3v) is 5.90. The zero-order valence-corrected chi connectivity index (χ0v) is 15.0. The lowest BCUT2D eigenvalue weighted by Crippen LogP contribution is -2.30. The zero-order valence-electron chi connectivity index (χ0n) is 14.2. The van der Waals surface area contributed by atoms with Gasteiger partial charge in [-0.1, -0.05) is 12.1 Å². The van der Waals surface area contributed by atoms with E-state index in [-0.39, 0.29) is 18.0 Å². The molecule has 0 aliphatic carbocycles. The van der Waals surface area contributed by atoms with Gasteiger partial charge in [-0.15, -0.1) is 0 Å². The minimum absolute atomic E-state index is 0.164. The Morgan fingerprint density at radius 3 is 2.52 bits per heavy atom. The Hall–Kier alpha value is -2.44. The molecule has 0 aliphatic rings. The molecule has 0 unspecified atom stereocenters. The minimum Gasteiger partial charge on any atom is -0.468 e. The van der Waals surface area contributed by atoms with Crippen molar-refractivity contribution >= 4 is 10.0 Å². The molecule has 0 spiro atoms. The number of hydrogen-bond donors (Lipinski definition) is 0. The highest BCUT2D eigenvalue weighted by Crippen LogP contribution is 2.23. The summed E-state index contributed by atoms with van der Waals surface area (Å²) in [4.78, 5) is 4.35. The molecule has 0 aliphatic heterocycles. The summed E-state index contributed by atoms with van der Waals surface area (Å²) in [6, 6.07) is 12.4. The van der Waals surface area contributed by atoms with Crippen LogP contribution >= 0.6 is 0 Å². The predicted molar refractivity (Wildman–Crippen MR) is 95.3 cm³/mol. The molecule has 25 heavy (non-hydrogen) atoms. The molecule has 0 saturated heterocycles. The predicted octanol–water partition coefficient (Wildman–Crippen LogP) is 3.68. The summed E-state index contributed by atoms with van der Waals surface area (Å²) >= 11 is 0. The molecule has 2 aromatic heterocycles. The van der Waals surface area contributed by atoms with Crippen LogP contribution in [-0.4, -0.2) is 17.7 Å². The summed E-state index contributed by atoms with van der Waals surface area (Å²) in [7, 11) is -3.67. The summed E-state index contributed by atoms with van der Waals surface area (Å²) < 4.78 is 33.1. The molecular weight excluding hydrogens is 336 g/mol. The molecule has 1 aromatic carbocycles. The van der Waals surface area contributed by atoms with Crippen LogP contribution in [0.15, 0.2) is 70.4 Å². The standard InChI is InChI=1S/C19H20N2O3S/c1-15-7-8-19(11-16(15)2)25(22,23)21(14-18-6-4-10-24-18)13-17-5-3-9-20-12-17/h3-12H,13-14H2,1-2H3. The fourth-order valence-corrected chi connectivity index (χ4v) is 4.00. The van der Waals surface area contributed by atoms with E-state index < -0.39 is 10.0 Å². The Morgan fingerprint density at radius 2 is 1.88 bits per heavy atom. The first-order chi connectivity index (χ1) is 12.0. The van der Waals surface area contributed by atoms with Gasteiger partial charge in [-0.25, -0.2) is 8.42 Å². The van der Waals surface area contributed by atoms with Gasteiger partial charge in [-0.2, -0.15) is 4.31 Å². The zero-order chi connectivity index (χ0) is 17.9. The van der Waals surface area contributed by atoms with Gasteiger partial charge in [-0.05, 0) is 60.9 Å². The van der Waals surface area contributed by atoms with Crippen molar-refractivity contribution in [1.29, 1.82) is 0 Å². The second-order valence-corrected chi connectivity index (χ2v) is 7.90. The van der Waals surface area contributed by atoms with E-state index in [0.29, 0.717) is 5.76 Å². The molecule has 3 aromatic rings. The van der Waals surface area contributed by atoms with Crippen LogP contribution in [-0.2, 0) is 23.1 Å². The Morgan fingerprint density at radius 1 is 1.04 bits per heavy atom. The van der Waals surface area contributed by atoms with Crippen molar-refractivity contribution in [3.8, 4) is 0 Å². The highest BCUT2D eigenvalue weighted by molar-refractivity contribution is 7.89. The Kier molecular flexibility index (Phi) is 5.01. The Balaban J connectivity index is 1.97. The van der Waals surface area contributed by atoms with Crippen molar-refractivity contribution in [2.24, 2.45) is 0 Å². The van der Waals surface area contributed by atoms with Gasteiger partial charge >= 0.3 is 0 Å². The average molecular weight is 356 g/mol. The van der Waals surface area contributed by atoms with Crippen LogP contribution in [0.1, 0.15) is 22.5 Å². The highest BCUT2D eigenvalue weighted by atomic mass is 32.2. The Bertz CT molecular complexity index is 936. The van der Waals surface area contributed by atoms with Crippen molar-refractivity contribution in [2.75, 3.05) is 0 Å². The lowest BCUT2D eigenvalue weighted by molar-refractivity contribution is 0.358. The summed E-state index contributed by atoms with van der Waals surface area (Å²) in [5.41, 5.74) is 2.82. The van der Waals surface area contributed by atoms with E-state index in [0.717, 1.165) is 16.7 Å². The fourth-order valence-electron chi connectivity index (χ4n) is 2.52. The first kappa shape index (κ1) is 17.4. The van der Waals surface area contributed by atoms with E-state index in [4.69, 9.17) is 4.42 Å². The monoisotopic (exact) mass is 356 g/mol. The van der Waals surface area contributed by atoms with E-state index in [1.165, 1.54) is 4.31 Å². The quantitative estimate of drug-likeness (QED) is 0.676. The number of nitrogens with zero attached hydrogens (tertiary/aromatic N) is 2. The van der Waals surface area contributed by atoms with Crippen molar-refractivity contribution in [3.05, 3.63) is 83.6 Å². The van der Waals surface area contributed by atoms with Crippen LogP contribution in [0.2, 0.25) is 0 Å². The Labute approximate surface area is 148 Å². The van der Waals surface area contributed by atoms with Crippen LogP contribution in [0.3, 0.4) is 0 Å². The van der Waals surface area contributed by atoms with Gasteiger partial charge in [0.05, 0.1) is 17.7 Å².